The minimum atomic E-state index is -0.833. The van der Waals surface area contributed by atoms with E-state index in [0.29, 0.717) is 11.3 Å². The molecular formula is C9H11ClN2O4. The fourth-order valence-corrected chi connectivity index (χ4v) is 1.10. The van der Waals surface area contributed by atoms with E-state index >= 15 is 0 Å². The number of carbonyl (C=O) groups is 1. The summed E-state index contributed by atoms with van der Waals surface area (Å²) in [5.41, 5.74) is 6.47. The van der Waals surface area contributed by atoms with Gasteiger partial charge in [-0.25, -0.2) is 0 Å². The van der Waals surface area contributed by atoms with Crippen molar-refractivity contribution in [1.29, 1.82) is 0 Å². The zero-order valence-corrected chi connectivity index (χ0v) is 9.49. The van der Waals surface area contributed by atoms with E-state index < -0.39 is 10.9 Å². The van der Waals surface area contributed by atoms with E-state index in [1.54, 1.807) is 6.92 Å². The van der Waals surface area contributed by atoms with Gasteiger partial charge in [0.25, 0.3) is 11.7 Å². The van der Waals surface area contributed by atoms with E-state index in [1.165, 1.54) is 12.1 Å². The summed E-state index contributed by atoms with van der Waals surface area (Å²) in [6, 6.07) is 2.63. The highest BCUT2D eigenvalue weighted by molar-refractivity contribution is 6.33. The molecule has 0 amide bonds. The highest BCUT2D eigenvalue weighted by Gasteiger charge is 2.10. The molecule has 0 aliphatic carbocycles. The van der Waals surface area contributed by atoms with E-state index in [2.05, 4.69) is 0 Å². The molecule has 1 aromatic carbocycles. The Morgan fingerprint density at radius 3 is 2.31 bits per heavy atom. The minimum Gasteiger partial charge on any atom is -0.481 e. The maximum Gasteiger partial charge on any atom is 0.300 e. The summed E-state index contributed by atoms with van der Waals surface area (Å²) in [5, 5.41) is 18.0. The average molecular weight is 247 g/mol. The summed E-state index contributed by atoms with van der Waals surface area (Å²) >= 11 is 5.63. The SMILES string of the molecule is CC(=O)O.Cc1cc([N+](=O)[O-])cc(Cl)c1N. The molecule has 0 aromatic heterocycles. The van der Waals surface area contributed by atoms with E-state index in [1.807, 2.05) is 0 Å². The number of nitrogens with zero attached hydrogens (tertiary/aromatic N) is 1. The molecule has 0 unspecified atom stereocenters. The van der Waals surface area contributed by atoms with Gasteiger partial charge in [-0.05, 0) is 12.5 Å². The molecule has 7 heteroatoms. The van der Waals surface area contributed by atoms with E-state index in [9.17, 15) is 10.1 Å². The number of halogens is 1. The lowest BCUT2D eigenvalue weighted by Gasteiger charge is -2.01. The Balaban J connectivity index is 0.000000487. The molecule has 0 atom stereocenters. The second kappa shape index (κ2) is 5.92. The highest BCUT2D eigenvalue weighted by Crippen LogP contribution is 2.27. The quantitative estimate of drug-likeness (QED) is 0.449. The molecule has 0 aliphatic heterocycles. The van der Waals surface area contributed by atoms with Gasteiger partial charge in [0.05, 0.1) is 15.6 Å². The number of aliphatic carboxylic acids is 1. The van der Waals surface area contributed by atoms with Gasteiger partial charge >= 0.3 is 0 Å². The topological polar surface area (TPSA) is 106 Å². The van der Waals surface area contributed by atoms with Crippen LogP contribution in [-0.4, -0.2) is 16.0 Å². The molecule has 0 saturated carbocycles. The van der Waals surface area contributed by atoms with Crippen LogP contribution in [0.3, 0.4) is 0 Å². The third-order valence-corrected chi connectivity index (χ3v) is 1.84. The number of anilines is 1. The number of nitro groups is 1. The molecule has 0 aliphatic rings. The van der Waals surface area contributed by atoms with Crippen LogP contribution in [0.15, 0.2) is 12.1 Å². The van der Waals surface area contributed by atoms with Crippen LogP contribution in [0, 0.1) is 17.0 Å². The monoisotopic (exact) mass is 246 g/mol. The summed E-state index contributed by atoms with van der Waals surface area (Å²) in [6.07, 6.45) is 0. The minimum absolute atomic E-state index is 0.0355. The van der Waals surface area contributed by atoms with Crippen molar-refractivity contribution < 1.29 is 14.8 Å². The van der Waals surface area contributed by atoms with E-state index in [0.717, 1.165) is 6.92 Å². The van der Waals surface area contributed by atoms with Gasteiger partial charge in [-0.3, -0.25) is 14.9 Å². The molecule has 0 heterocycles. The van der Waals surface area contributed by atoms with Crippen molar-refractivity contribution in [3.63, 3.8) is 0 Å². The number of carboxylic acid groups (broad SMARTS) is 1. The van der Waals surface area contributed by atoms with Crippen molar-refractivity contribution in [2.45, 2.75) is 13.8 Å². The molecule has 0 spiro atoms. The first-order valence-corrected chi connectivity index (χ1v) is 4.53. The molecule has 0 radical (unpaired) electrons. The average Bonchev–Trinajstić information content (AvgIpc) is 2.12. The summed E-state index contributed by atoms with van der Waals surface area (Å²) in [6.45, 7) is 2.76. The first-order valence-electron chi connectivity index (χ1n) is 4.15. The van der Waals surface area contributed by atoms with E-state index in [4.69, 9.17) is 27.2 Å². The second-order valence-electron chi connectivity index (χ2n) is 2.93. The Bertz CT molecular complexity index is 393. The van der Waals surface area contributed by atoms with Gasteiger partial charge < -0.3 is 10.8 Å². The van der Waals surface area contributed by atoms with E-state index in [-0.39, 0.29) is 10.7 Å². The lowest BCUT2D eigenvalue weighted by Crippen LogP contribution is -1.94. The maximum atomic E-state index is 10.3. The number of hydrogen-bond acceptors (Lipinski definition) is 4. The third-order valence-electron chi connectivity index (χ3n) is 1.53. The van der Waals surface area contributed by atoms with Crippen LogP contribution in [0.5, 0.6) is 0 Å². The number of non-ortho nitro benzene ring substituents is 1. The number of aryl methyl sites for hydroxylation is 1. The Kier molecular flexibility index (Phi) is 5.24. The molecule has 3 N–H and O–H groups in total. The standard InChI is InChI=1S/C7H7ClN2O2.C2H4O2/c1-4-2-5(10(11)12)3-6(8)7(4)9;1-2(3)4/h2-3H,9H2,1H3;1H3,(H,3,4). The summed E-state index contributed by atoms with van der Waals surface area (Å²) in [7, 11) is 0. The Labute approximate surface area is 96.8 Å². The van der Waals surface area contributed by atoms with Gasteiger partial charge in [0, 0.05) is 19.1 Å². The largest absolute Gasteiger partial charge is 0.481 e. The maximum absolute atomic E-state index is 10.3. The second-order valence-corrected chi connectivity index (χ2v) is 3.34. The van der Waals surface area contributed by atoms with Crippen LogP contribution in [0.25, 0.3) is 0 Å². The highest BCUT2D eigenvalue weighted by atomic mass is 35.5. The van der Waals surface area contributed by atoms with Crippen LogP contribution in [-0.2, 0) is 4.79 Å². The Morgan fingerprint density at radius 1 is 1.56 bits per heavy atom. The van der Waals surface area contributed by atoms with Crippen molar-refractivity contribution in [2.24, 2.45) is 0 Å². The van der Waals surface area contributed by atoms with Crippen molar-refractivity contribution in [2.75, 3.05) is 5.73 Å². The van der Waals surface area contributed by atoms with Gasteiger partial charge in [-0.2, -0.15) is 0 Å². The number of rotatable bonds is 1. The lowest BCUT2D eigenvalue weighted by molar-refractivity contribution is -0.384. The fourth-order valence-electron chi connectivity index (χ4n) is 0.843. The summed E-state index contributed by atoms with van der Waals surface area (Å²) in [5.74, 6) is -0.833. The molecule has 6 nitrogen and oxygen atoms in total. The van der Waals surface area contributed by atoms with Crippen LogP contribution in [0.1, 0.15) is 12.5 Å². The molecule has 88 valence electrons. The zero-order valence-electron chi connectivity index (χ0n) is 8.73. The lowest BCUT2D eigenvalue weighted by atomic mass is 10.2. The van der Waals surface area contributed by atoms with Crippen molar-refractivity contribution in [3.05, 3.63) is 32.8 Å². The van der Waals surface area contributed by atoms with Crippen molar-refractivity contribution in [3.8, 4) is 0 Å². The molecule has 1 aromatic rings. The van der Waals surface area contributed by atoms with Crippen LogP contribution < -0.4 is 5.73 Å². The molecular weight excluding hydrogens is 236 g/mol. The summed E-state index contributed by atoms with van der Waals surface area (Å²) in [4.78, 5) is 18.8. The van der Waals surface area contributed by atoms with Gasteiger partial charge in [0.2, 0.25) is 0 Å². The van der Waals surface area contributed by atoms with Crippen molar-refractivity contribution in [1.82, 2.24) is 0 Å². The third kappa shape index (κ3) is 4.61. The van der Waals surface area contributed by atoms with Gasteiger partial charge in [-0.15, -0.1) is 0 Å². The number of carboxylic acids is 1. The predicted molar refractivity (Wildman–Crippen MR) is 60.6 cm³/mol. The first-order chi connectivity index (χ1) is 7.25. The van der Waals surface area contributed by atoms with Gasteiger partial charge in [-0.1, -0.05) is 11.6 Å². The van der Waals surface area contributed by atoms with Crippen molar-refractivity contribution >= 4 is 28.9 Å². The predicted octanol–water partition coefficient (Wildman–Crippen LogP) is 2.23. The first kappa shape index (κ1) is 14.2. The van der Waals surface area contributed by atoms with Crippen LogP contribution in [0.4, 0.5) is 11.4 Å². The zero-order chi connectivity index (χ0) is 12.9. The van der Waals surface area contributed by atoms with Gasteiger partial charge in [0.1, 0.15) is 0 Å². The smallest absolute Gasteiger partial charge is 0.300 e. The number of nitrogen functional groups attached to an aromatic ring is 1. The molecule has 0 saturated heterocycles. The number of hydrogen-bond donors (Lipinski definition) is 2. The normalized spacial score (nSPS) is 8.94. The molecule has 1 rings (SSSR count). The van der Waals surface area contributed by atoms with Gasteiger partial charge in [0.15, 0.2) is 0 Å². The van der Waals surface area contributed by atoms with Crippen LogP contribution >= 0.6 is 11.6 Å². The molecule has 0 fully saturated rings. The number of nitrogens with two attached hydrogens (primary N) is 1. The molecule has 16 heavy (non-hydrogen) atoms. The Morgan fingerprint density at radius 2 is 2.00 bits per heavy atom. The summed E-state index contributed by atoms with van der Waals surface area (Å²) < 4.78 is 0. The number of nitro benzene ring substituents is 1. The fraction of sp³-hybridized carbons (Fsp3) is 0.222. The number of benzene rings is 1. The molecule has 0 bridgehead atoms. The van der Waals surface area contributed by atoms with Crippen LogP contribution in [0.2, 0.25) is 5.02 Å². The Hall–Kier alpha value is -1.82.